The number of carbonyl (C=O) groups excluding carboxylic acids is 4. The van der Waals surface area contributed by atoms with Gasteiger partial charge in [-0.15, -0.1) is 0 Å². The molecule has 0 bridgehead atoms. The molecule has 1 saturated carbocycles. The molecule has 2 fully saturated rings. The van der Waals surface area contributed by atoms with Crippen LogP contribution in [0.5, 0.6) is 0 Å². The summed E-state index contributed by atoms with van der Waals surface area (Å²) in [5.41, 5.74) is 0.540. The normalized spacial score (nSPS) is 19.9. The van der Waals surface area contributed by atoms with Gasteiger partial charge in [-0.1, -0.05) is 55.7 Å². The van der Waals surface area contributed by atoms with E-state index < -0.39 is 68.7 Å². The molecular weight excluding hydrogens is 803 g/mol. The first-order valence-electron chi connectivity index (χ1n) is 21.1. The zero-order chi connectivity index (χ0) is 44.8. The van der Waals surface area contributed by atoms with E-state index in [1.807, 2.05) is 57.2 Å². The monoisotopic (exact) mass is 867 g/mol. The number of rotatable bonds is 21. The lowest BCUT2D eigenvalue weighted by atomic mass is 9.72. The van der Waals surface area contributed by atoms with Gasteiger partial charge in [-0.3, -0.25) is 19.3 Å². The second kappa shape index (κ2) is 22.6. The molecule has 6 atom stereocenters. The lowest BCUT2D eigenvalue weighted by molar-refractivity contribution is -0.160. The Hall–Kier alpha value is -4.40. The topological polar surface area (TPSA) is 202 Å². The number of ether oxygens (including phenoxy) is 4. The predicted octanol–water partition coefficient (Wildman–Crippen LogP) is 3.59. The molecule has 15 nitrogen and oxygen atoms in total. The highest BCUT2D eigenvalue weighted by Gasteiger charge is 2.47. The average Bonchev–Trinajstić information content (AvgIpc) is 3.20. The van der Waals surface area contributed by atoms with Crippen molar-refractivity contribution in [1.29, 1.82) is 5.26 Å². The van der Waals surface area contributed by atoms with Gasteiger partial charge in [0.05, 0.1) is 54.9 Å². The maximum absolute atomic E-state index is 14.7. The third-order valence-electron chi connectivity index (χ3n) is 11.5. The first-order chi connectivity index (χ1) is 28.8. The van der Waals surface area contributed by atoms with Crippen molar-refractivity contribution in [3.8, 4) is 6.07 Å². The van der Waals surface area contributed by atoms with Crippen LogP contribution in [0.4, 0.5) is 0 Å². The fourth-order valence-electron chi connectivity index (χ4n) is 7.95. The number of fused-ring (bicyclic) bond motifs is 1. The Morgan fingerprint density at radius 3 is 2.23 bits per heavy atom. The van der Waals surface area contributed by atoms with Gasteiger partial charge in [0.1, 0.15) is 18.8 Å². The largest absolute Gasteiger partial charge is 0.457 e. The summed E-state index contributed by atoms with van der Waals surface area (Å²) in [5, 5.41) is 18.2. The molecule has 0 radical (unpaired) electrons. The van der Waals surface area contributed by atoms with Crippen LogP contribution in [0.15, 0.2) is 54.6 Å². The van der Waals surface area contributed by atoms with Crippen molar-refractivity contribution in [2.45, 2.75) is 108 Å². The van der Waals surface area contributed by atoms with Crippen molar-refractivity contribution in [3.05, 3.63) is 71.3 Å². The number of methoxy groups -OCH3 is 1. The number of nitrogens with zero attached hydrogens (tertiary/aromatic N) is 2. The summed E-state index contributed by atoms with van der Waals surface area (Å²) >= 11 is 0. The summed E-state index contributed by atoms with van der Waals surface area (Å²) in [6.45, 7) is 9.78. The van der Waals surface area contributed by atoms with Crippen molar-refractivity contribution in [2.75, 3.05) is 59.5 Å². The van der Waals surface area contributed by atoms with Crippen molar-refractivity contribution in [3.63, 3.8) is 0 Å². The van der Waals surface area contributed by atoms with Crippen LogP contribution >= 0.6 is 0 Å². The Balaban J connectivity index is 1.74. The molecule has 1 saturated heterocycles. The lowest BCUT2D eigenvalue weighted by Gasteiger charge is -2.47. The molecule has 1 aliphatic heterocycles. The van der Waals surface area contributed by atoms with Crippen molar-refractivity contribution >= 4 is 33.5 Å². The third kappa shape index (κ3) is 14.9. The molecule has 0 spiro atoms. The highest BCUT2D eigenvalue weighted by Crippen LogP contribution is 2.39. The van der Waals surface area contributed by atoms with Crippen LogP contribution in [-0.2, 0) is 49.6 Å². The average molecular weight is 868 g/mol. The summed E-state index contributed by atoms with van der Waals surface area (Å²) in [6, 6.07) is 13.9. The molecule has 2 aromatic rings. The molecular formula is C45H65N5O10S. The number of benzene rings is 2. The molecule has 61 heavy (non-hydrogen) atoms. The fraction of sp³-hybridized carbons (Fsp3) is 0.622. The maximum atomic E-state index is 14.7. The molecule has 2 aliphatic rings. The molecule has 2 aromatic carbocycles. The number of nitrogens with one attached hydrogen (secondary N) is 3. The van der Waals surface area contributed by atoms with Gasteiger partial charge < -0.3 is 34.9 Å². The minimum atomic E-state index is -4.01. The predicted molar refractivity (Wildman–Crippen MR) is 230 cm³/mol. The minimum Gasteiger partial charge on any atom is -0.457 e. The van der Waals surface area contributed by atoms with E-state index in [1.54, 1.807) is 7.11 Å². The van der Waals surface area contributed by atoms with E-state index in [0.717, 1.165) is 37.5 Å². The number of esters is 1. The first-order valence-corrected chi connectivity index (χ1v) is 23.0. The molecule has 3 amide bonds. The van der Waals surface area contributed by atoms with Crippen LogP contribution < -0.4 is 16.0 Å². The van der Waals surface area contributed by atoms with E-state index in [0.29, 0.717) is 38.0 Å². The number of carbonyl (C=O) groups is 4. The number of amides is 3. The Morgan fingerprint density at radius 1 is 0.902 bits per heavy atom. The van der Waals surface area contributed by atoms with Gasteiger partial charge in [-0.05, 0) is 89.5 Å². The van der Waals surface area contributed by atoms with Crippen molar-refractivity contribution in [2.24, 2.45) is 11.8 Å². The van der Waals surface area contributed by atoms with E-state index in [2.05, 4.69) is 20.9 Å². The molecule has 1 heterocycles. The highest BCUT2D eigenvalue weighted by atomic mass is 32.2. The van der Waals surface area contributed by atoms with Crippen LogP contribution in [0.2, 0.25) is 0 Å². The molecule has 6 unspecified atom stereocenters. The van der Waals surface area contributed by atoms with Gasteiger partial charge in [0, 0.05) is 37.6 Å². The van der Waals surface area contributed by atoms with Gasteiger partial charge in [0.15, 0.2) is 9.84 Å². The van der Waals surface area contributed by atoms with Crippen LogP contribution in [-0.4, -0.2) is 131 Å². The van der Waals surface area contributed by atoms with E-state index in [1.165, 1.54) is 38.1 Å². The summed E-state index contributed by atoms with van der Waals surface area (Å²) < 4.78 is 47.2. The molecule has 16 heteroatoms. The Labute approximate surface area is 361 Å². The number of likely N-dealkylation sites (tertiary alicyclic amines) is 1. The maximum Gasteiger partial charge on any atom is 0.332 e. The summed E-state index contributed by atoms with van der Waals surface area (Å²) in [7, 11) is -2.44. The quantitative estimate of drug-likeness (QED) is 0.122. The highest BCUT2D eigenvalue weighted by molar-refractivity contribution is 7.92. The van der Waals surface area contributed by atoms with Gasteiger partial charge in [0.2, 0.25) is 11.8 Å². The van der Waals surface area contributed by atoms with Crippen LogP contribution in [0.3, 0.4) is 0 Å². The number of piperidine rings is 1. The van der Waals surface area contributed by atoms with Gasteiger partial charge >= 0.3 is 5.97 Å². The van der Waals surface area contributed by atoms with Crippen LogP contribution in [0, 0.1) is 23.2 Å². The molecule has 4 rings (SSSR count). The Bertz CT molecular complexity index is 1930. The number of sulfone groups is 1. The van der Waals surface area contributed by atoms with E-state index in [4.69, 9.17) is 18.9 Å². The Morgan fingerprint density at radius 2 is 1.57 bits per heavy atom. The van der Waals surface area contributed by atoms with Gasteiger partial charge in [-0.25, -0.2) is 13.2 Å². The summed E-state index contributed by atoms with van der Waals surface area (Å²) in [5.74, 6) is -1.77. The summed E-state index contributed by atoms with van der Waals surface area (Å²) in [6.07, 6.45) is 4.89. The standard InChI is InChI=1S/C45H65N5O10S/c1-44(2,3)49-42(53)37-26-33-17-11-12-18-35(33)28-50(37)29-38(60-39(51)30-59-23-22-58-21-20-57-6)36(25-31-14-9-8-10-15-31)47-43(54)40(45(4,5)61(7,55)56)48-41(52)34-19-13-16-32(24-34)27-46/h8-10,13-16,19,24,33,35-38,40H,11-12,17-18,20-23,25-26,28-30H2,1-7H3,(H,47,54)(H,48,52)(H,49,53). The van der Waals surface area contributed by atoms with E-state index >= 15 is 0 Å². The van der Waals surface area contributed by atoms with Crippen LogP contribution in [0.1, 0.15) is 88.2 Å². The Kier molecular flexibility index (Phi) is 18.3. The fourth-order valence-corrected chi connectivity index (χ4v) is 8.54. The number of hydrogen-bond acceptors (Lipinski definition) is 12. The van der Waals surface area contributed by atoms with E-state index in [-0.39, 0.29) is 43.2 Å². The van der Waals surface area contributed by atoms with Gasteiger partial charge in [-0.2, -0.15) is 5.26 Å². The third-order valence-corrected chi connectivity index (χ3v) is 13.7. The van der Waals surface area contributed by atoms with Crippen molar-refractivity contribution < 1.29 is 46.5 Å². The van der Waals surface area contributed by atoms with Crippen LogP contribution in [0.25, 0.3) is 0 Å². The van der Waals surface area contributed by atoms with E-state index in [9.17, 15) is 32.9 Å². The number of nitriles is 1. The minimum absolute atomic E-state index is 0.0581. The zero-order valence-electron chi connectivity index (χ0n) is 36.7. The van der Waals surface area contributed by atoms with Gasteiger partial charge in [0.25, 0.3) is 5.91 Å². The smallest absolute Gasteiger partial charge is 0.332 e. The second-order valence-electron chi connectivity index (χ2n) is 17.7. The molecule has 336 valence electrons. The summed E-state index contributed by atoms with van der Waals surface area (Å²) in [4.78, 5) is 58.3. The molecule has 0 aromatic heterocycles. The van der Waals surface area contributed by atoms with Crippen molar-refractivity contribution in [1.82, 2.24) is 20.9 Å². The zero-order valence-corrected chi connectivity index (χ0v) is 37.6. The molecule has 3 N–H and O–H groups in total. The molecule has 1 aliphatic carbocycles. The SMILES string of the molecule is COCCOCCOCC(=O)OC(CN1CC2CCCCC2CC1C(=O)NC(C)(C)C)C(Cc1ccccc1)NC(=O)C(NC(=O)c1cccc(C#N)c1)C(C)(C)S(C)(=O)=O. The second-order valence-corrected chi connectivity index (χ2v) is 20.3. The first kappa shape index (κ1) is 49.3. The lowest BCUT2D eigenvalue weighted by Crippen LogP contribution is -2.64. The number of hydrogen-bond donors (Lipinski definition) is 3.